The van der Waals surface area contributed by atoms with E-state index in [9.17, 15) is 4.79 Å². The average Bonchev–Trinajstić information content (AvgIpc) is 3.25. The van der Waals surface area contributed by atoms with Gasteiger partial charge in [0.25, 0.3) is 5.91 Å². The number of aromatic nitrogens is 4. The van der Waals surface area contributed by atoms with Crippen LogP contribution in [0.25, 0.3) is 5.69 Å². The summed E-state index contributed by atoms with van der Waals surface area (Å²) in [4.78, 5) is 15.0. The molecule has 1 aliphatic rings. The van der Waals surface area contributed by atoms with Crippen molar-refractivity contribution in [3.63, 3.8) is 0 Å². The molecule has 2 heterocycles. The zero-order valence-corrected chi connectivity index (χ0v) is 16.1. The Morgan fingerprint density at radius 1 is 1.11 bits per heavy atom. The van der Waals surface area contributed by atoms with Gasteiger partial charge in [-0.05, 0) is 53.6 Å². The summed E-state index contributed by atoms with van der Waals surface area (Å²) in [6, 6.07) is 13.6. The van der Waals surface area contributed by atoms with Gasteiger partial charge in [-0.25, -0.2) is 0 Å². The van der Waals surface area contributed by atoms with Crippen LogP contribution in [0.1, 0.15) is 34.3 Å². The van der Waals surface area contributed by atoms with Gasteiger partial charge in [0.1, 0.15) is 18.2 Å². The smallest absolute Gasteiger partial charge is 0.256 e. The Morgan fingerprint density at radius 2 is 1.89 bits per heavy atom. The van der Waals surface area contributed by atoms with Crippen molar-refractivity contribution in [2.75, 3.05) is 13.1 Å². The van der Waals surface area contributed by atoms with Crippen LogP contribution >= 0.6 is 0 Å². The van der Waals surface area contributed by atoms with Crippen LogP contribution in [-0.4, -0.2) is 50.2 Å². The number of carbonyl (C=O) groups excluding carboxylic acids is 1. The highest BCUT2D eigenvalue weighted by Crippen LogP contribution is 2.25. The zero-order chi connectivity index (χ0) is 19.5. The van der Waals surface area contributed by atoms with E-state index >= 15 is 0 Å². The predicted octanol–water partition coefficient (Wildman–Crippen LogP) is 2.96. The summed E-state index contributed by atoms with van der Waals surface area (Å²) in [6.45, 7) is 5.45. The van der Waals surface area contributed by atoms with Gasteiger partial charge < -0.3 is 9.64 Å². The summed E-state index contributed by atoms with van der Waals surface area (Å²) in [7, 11) is 0. The molecule has 4 rings (SSSR count). The molecule has 144 valence electrons. The molecule has 7 nitrogen and oxygen atoms in total. The van der Waals surface area contributed by atoms with Gasteiger partial charge in [-0.2, -0.15) is 4.68 Å². The van der Waals surface area contributed by atoms with Crippen LogP contribution in [-0.2, 0) is 0 Å². The Labute approximate surface area is 163 Å². The van der Waals surface area contributed by atoms with Crippen molar-refractivity contribution < 1.29 is 9.53 Å². The van der Waals surface area contributed by atoms with E-state index in [1.165, 1.54) is 16.6 Å². The van der Waals surface area contributed by atoms with Gasteiger partial charge >= 0.3 is 0 Å². The topological polar surface area (TPSA) is 73.1 Å². The Hall–Kier alpha value is -3.22. The van der Waals surface area contributed by atoms with Gasteiger partial charge in [-0.15, -0.1) is 5.10 Å². The molecule has 3 aromatic rings. The van der Waals surface area contributed by atoms with Crippen molar-refractivity contribution in [3.05, 3.63) is 65.5 Å². The lowest BCUT2D eigenvalue weighted by atomic mass is 10.0. The van der Waals surface area contributed by atoms with Crippen LogP contribution in [0.3, 0.4) is 0 Å². The number of piperidine rings is 1. The monoisotopic (exact) mass is 377 g/mol. The molecule has 0 saturated carbocycles. The van der Waals surface area contributed by atoms with Gasteiger partial charge in [-0.1, -0.05) is 24.3 Å². The number of amides is 1. The predicted molar refractivity (Wildman–Crippen MR) is 105 cm³/mol. The second-order valence-corrected chi connectivity index (χ2v) is 7.15. The highest BCUT2D eigenvalue weighted by Gasteiger charge is 2.26. The summed E-state index contributed by atoms with van der Waals surface area (Å²) in [6.07, 6.45) is 3.24. The van der Waals surface area contributed by atoms with Crippen LogP contribution in [0.15, 0.2) is 48.8 Å². The Bertz CT molecular complexity index is 963. The zero-order valence-electron chi connectivity index (χ0n) is 16.1. The third-order valence-corrected chi connectivity index (χ3v) is 5.10. The first-order valence-corrected chi connectivity index (χ1v) is 9.47. The average molecular weight is 377 g/mol. The maximum Gasteiger partial charge on any atom is 0.256 e. The van der Waals surface area contributed by atoms with E-state index in [4.69, 9.17) is 4.74 Å². The Balaban J connectivity index is 1.43. The molecule has 0 aliphatic carbocycles. The fourth-order valence-electron chi connectivity index (χ4n) is 3.49. The number of tetrazole rings is 1. The van der Waals surface area contributed by atoms with Crippen LogP contribution < -0.4 is 4.74 Å². The van der Waals surface area contributed by atoms with E-state index in [-0.39, 0.29) is 12.0 Å². The minimum absolute atomic E-state index is 0.00344. The van der Waals surface area contributed by atoms with E-state index in [1.54, 1.807) is 0 Å². The fourth-order valence-corrected chi connectivity index (χ4v) is 3.49. The van der Waals surface area contributed by atoms with Crippen molar-refractivity contribution in [3.8, 4) is 11.4 Å². The number of ether oxygens (including phenoxy) is 1. The molecule has 1 aliphatic heterocycles. The summed E-state index contributed by atoms with van der Waals surface area (Å²) in [5, 5.41) is 11.2. The van der Waals surface area contributed by atoms with Crippen molar-refractivity contribution in [1.29, 1.82) is 0 Å². The molecule has 28 heavy (non-hydrogen) atoms. The van der Waals surface area contributed by atoms with Gasteiger partial charge in [0.15, 0.2) is 0 Å². The minimum atomic E-state index is -0.00344. The highest BCUT2D eigenvalue weighted by atomic mass is 16.5. The van der Waals surface area contributed by atoms with Crippen molar-refractivity contribution in [2.45, 2.75) is 32.8 Å². The van der Waals surface area contributed by atoms with E-state index in [1.807, 2.05) is 29.2 Å². The number of para-hydroxylation sites is 1. The molecule has 7 heteroatoms. The minimum Gasteiger partial charge on any atom is -0.490 e. The van der Waals surface area contributed by atoms with Crippen LogP contribution in [0.4, 0.5) is 0 Å². The van der Waals surface area contributed by atoms with Gasteiger partial charge in [0.2, 0.25) is 0 Å². The van der Waals surface area contributed by atoms with E-state index in [2.05, 4.69) is 47.6 Å². The van der Waals surface area contributed by atoms with E-state index < -0.39 is 0 Å². The molecule has 0 atom stereocenters. The van der Waals surface area contributed by atoms with E-state index in [0.29, 0.717) is 24.3 Å². The van der Waals surface area contributed by atoms with E-state index in [0.717, 1.165) is 24.2 Å². The molecule has 1 saturated heterocycles. The van der Waals surface area contributed by atoms with Gasteiger partial charge in [-0.3, -0.25) is 4.79 Å². The summed E-state index contributed by atoms with van der Waals surface area (Å²) in [5.74, 6) is 0.935. The summed E-state index contributed by atoms with van der Waals surface area (Å²) in [5.41, 5.74) is 3.61. The molecule has 0 radical (unpaired) electrons. The first-order valence-electron chi connectivity index (χ1n) is 9.47. The largest absolute Gasteiger partial charge is 0.490 e. The lowest BCUT2D eigenvalue weighted by Crippen LogP contribution is -2.42. The molecule has 1 amide bonds. The Kier molecular flexibility index (Phi) is 5.06. The molecule has 2 aromatic carbocycles. The van der Waals surface area contributed by atoms with Crippen LogP contribution in [0.2, 0.25) is 0 Å². The van der Waals surface area contributed by atoms with Crippen LogP contribution in [0, 0.1) is 13.8 Å². The number of nitrogens with zero attached hydrogens (tertiary/aromatic N) is 5. The quantitative estimate of drug-likeness (QED) is 0.699. The number of hydrogen-bond donors (Lipinski definition) is 0. The number of benzene rings is 2. The third-order valence-electron chi connectivity index (χ3n) is 5.10. The summed E-state index contributed by atoms with van der Waals surface area (Å²) >= 11 is 0. The molecule has 0 bridgehead atoms. The lowest BCUT2D eigenvalue weighted by molar-refractivity contribution is 0.0594. The normalized spacial score (nSPS) is 14.9. The molecule has 1 fully saturated rings. The van der Waals surface area contributed by atoms with Gasteiger partial charge in [0, 0.05) is 25.9 Å². The number of carbonyl (C=O) groups is 1. The number of likely N-dealkylation sites (tertiary alicyclic amines) is 1. The Morgan fingerprint density at radius 3 is 2.64 bits per heavy atom. The first-order chi connectivity index (χ1) is 13.6. The maximum absolute atomic E-state index is 13.1. The first kappa shape index (κ1) is 18.2. The van der Waals surface area contributed by atoms with Gasteiger partial charge in [0.05, 0.1) is 11.3 Å². The highest BCUT2D eigenvalue weighted by molar-refractivity contribution is 5.97. The van der Waals surface area contributed by atoms with Crippen molar-refractivity contribution >= 4 is 5.91 Å². The number of aryl methyl sites for hydroxylation is 2. The SMILES string of the molecule is Cc1ccc(C)c(OC2CCN(C(=O)c3ccccc3-n3cnnn3)CC2)c1. The number of hydrogen-bond acceptors (Lipinski definition) is 5. The second-order valence-electron chi connectivity index (χ2n) is 7.15. The summed E-state index contributed by atoms with van der Waals surface area (Å²) < 4.78 is 7.73. The molecule has 1 aromatic heterocycles. The van der Waals surface area contributed by atoms with Crippen LogP contribution in [0.5, 0.6) is 5.75 Å². The van der Waals surface area contributed by atoms with Crippen molar-refractivity contribution in [2.24, 2.45) is 0 Å². The molecular weight excluding hydrogens is 354 g/mol. The maximum atomic E-state index is 13.1. The standard InChI is InChI=1S/C21H23N5O2/c1-15-7-8-16(2)20(13-15)28-17-9-11-25(12-10-17)21(27)18-5-3-4-6-19(18)26-14-22-23-24-26/h3-8,13-14,17H,9-12H2,1-2H3. The fraction of sp³-hybridized carbons (Fsp3) is 0.333. The third kappa shape index (κ3) is 3.74. The van der Waals surface area contributed by atoms with Crippen molar-refractivity contribution in [1.82, 2.24) is 25.1 Å². The number of rotatable bonds is 4. The molecule has 0 unspecified atom stereocenters. The molecule has 0 spiro atoms. The molecule has 0 N–H and O–H groups in total. The lowest BCUT2D eigenvalue weighted by Gasteiger charge is -2.33. The second kappa shape index (κ2) is 7.80. The molecular formula is C21H23N5O2.